The normalized spacial score (nSPS) is 11.9. The van der Waals surface area contributed by atoms with E-state index in [2.05, 4.69) is 0 Å². The number of hydrogen-bond acceptors (Lipinski definition) is 1. The van der Waals surface area contributed by atoms with Crippen LogP contribution < -0.4 is 5.73 Å². The number of nitrogens with two attached hydrogens (primary N) is 1. The summed E-state index contributed by atoms with van der Waals surface area (Å²) in [5.74, 6) is -0.996. The summed E-state index contributed by atoms with van der Waals surface area (Å²) in [6.45, 7) is -0.191. The monoisotopic (exact) mass is 227 g/mol. The highest BCUT2D eigenvalue weighted by Crippen LogP contribution is 2.35. The van der Waals surface area contributed by atoms with Crippen molar-refractivity contribution in [3.05, 3.63) is 34.1 Å². The van der Waals surface area contributed by atoms with Gasteiger partial charge in [-0.05, 0) is 12.1 Å². The van der Waals surface area contributed by atoms with E-state index in [0.29, 0.717) is 6.07 Å². The summed E-state index contributed by atoms with van der Waals surface area (Å²) in [5, 5.41) is -0.542. The van der Waals surface area contributed by atoms with Crippen LogP contribution in [0.3, 0.4) is 0 Å². The Kier molecular flexibility index (Phi) is 3.01. The molecule has 78 valence electrons. The first-order valence-electron chi connectivity index (χ1n) is 3.61. The Morgan fingerprint density at radius 2 is 1.86 bits per heavy atom. The number of benzene rings is 1. The van der Waals surface area contributed by atoms with Crippen LogP contribution in [0.15, 0.2) is 12.1 Å². The maximum atomic E-state index is 12.9. The van der Waals surface area contributed by atoms with Crippen molar-refractivity contribution in [2.45, 2.75) is 12.7 Å². The summed E-state index contributed by atoms with van der Waals surface area (Å²) in [6, 6.07) is 1.24. The van der Waals surface area contributed by atoms with Gasteiger partial charge in [0.05, 0.1) is 10.6 Å². The summed E-state index contributed by atoms with van der Waals surface area (Å²) in [5.41, 5.74) is 3.87. The van der Waals surface area contributed by atoms with E-state index < -0.39 is 22.6 Å². The van der Waals surface area contributed by atoms with Gasteiger partial charge >= 0.3 is 6.18 Å². The molecule has 0 atom stereocenters. The fourth-order valence-corrected chi connectivity index (χ4v) is 1.26. The zero-order valence-electron chi connectivity index (χ0n) is 6.83. The van der Waals surface area contributed by atoms with Crippen molar-refractivity contribution >= 4 is 11.6 Å². The van der Waals surface area contributed by atoms with Crippen LogP contribution in [0.1, 0.15) is 11.1 Å². The lowest BCUT2D eigenvalue weighted by Crippen LogP contribution is -2.09. The predicted molar refractivity (Wildman–Crippen MR) is 44.3 cm³/mol. The summed E-state index contributed by atoms with van der Waals surface area (Å²) in [7, 11) is 0. The Hall–Kier alpha value is -0.810. The standard InChI is InChI=1S/C8H6ClF4N/c9-6-1-4(3-14)7(10)2-5(6)8(11,12)13/h1-2H,3,14H2. The third kappa shape index (κ3) is 2.16. The Balaban J connectivity index is 3.29. The SMILES string of the molecule is NCc1cc(Cl)c(C(F)(F)F)cc1F. The first-order valence-corrected chi connectivity index (χ1v) is 3.99. The zero-order chi connectivity index (χ0) is 10.9. The van der Waals surface area contributed by atoms with Crippen molar-refractivity contribution in [1.29, 1.82) is 0 Å². The van der Waals surface area contributed by atoms with Crippen molar-refractivity contribution in [3.8, 4) is 0 Å². The minimum absolute atomic E-state index is 0.0389. The van der Waals surface area contributed by atoms with Crippen LogP contribution in [0.5, 0.6) is 0 Å². The van der Waals surface area contributed by atoms with Crippen LogP contribution in [-0.2, 0) is 12.7 Å². The van der Waals surface area contributed by atoms with Gasteiger partial charge in [-0.3, -0.25) is 0 Å². The second kappa shape index (κ2) is 3.74. The van der Waals surface area contributed by atoms with Gasteiger partial charge in [0.1, 0.15) is 5.82 Å². The van der Waals surface area contributed by atoms with Crippen molar-refractivity contribution in [2.75, 3.05) is 0 Å². The summed E-state index contributed by atoms with van der Waals surface area (Å²) in [4.78, 5) is 0. The molecule has 6 heteroatoms. The topological polar surface area (TPSA) is 26.0 Å². The summed E-state index contributed by atoms with van der Waals surface area (Å²) >= 11 is 5.32. The minimum atomic E-state index is -4.65. The molecule has 14 heavy (non-hydrogen) atoms. The van der Waals surface area contributed by atoms with Crippen molar-refractivity contribution < 1.29 is 17.6 Å². The predicted octanol–water partition coefficient (Wildman–Crippen LogP) is 2.96. The number of rotatable bonds is 1. The van der Waals surface area contributed by atoms with Crippen LogP contribution in [0.4, 0.5) is 17.6 Å². The molecule has 0 saturated heterocycles. The van der Waals surface area contributed by atoms with E-state index in [0.717, 1.165) is 6.07 Å². The van der Waals surface area contributed by atoms with Gasteiger partial charge in [0.25, 0.3) is 0 Å². The molecule has 0 aliphatic carbocycles. The van der Waals surface area contributed by atoms with Gasteiger partial charge in [0.15, 0.2) is 0 Å². The van der Waals surface area contributed by atoms with Crippen LogP contribution >= 0.6 is 11.6 Å². The molecule has 0 heterocycles. The highest BCUT2D eigenvalue weighted by Gasteiger charge is 2.34. The smallest absolute Gasteiger partial charge is 0.326 e. The van der Waals surface area contributed by atoms with E-state index in [9.17, 15) is 17.6 Å². The second-order valence-electron chi connectivity index (χ2n) is 2.63. The minimum Gasteiger partial charge on any atom is -0.326 e. The van der Waals surface area contributed by atoms with Gasteiger partial charge in [-0.2, -0.15) is 13.2 Å². The maximum Gasteiger partial charge on any atom is 0.417 e. The van der Waals surface area contributed by atoms with Crippen LogP contribution in [0, 0.1) is 5.82 Å². The van der Waals surface area contributed by atoms with Crippen molar-refractivity contribution in [3.63, 3.8) is 0 Å². The fraction of sp³-hybridized carbons (Fsp3) is 0.250. The average molecular weight is 228 g/mol. The van der Waals surface area contributed by atoms with Gasteiger partial charge in [-0.1, -0.05) is 11.6 Å². The molecule has 1 rings (SSSR count). The van der Waals surface area contributed by atoms with E-state index in [1.165, 1.54) is 0 Å². The molecule has 1 aromatic rings. The van der Waals surface area contributed by atoms with Crippen LogP contribution in [0.2, 0.25) is 5.02 Å². The number of alkyl halides is 3. The molecule has 1 aromatic carbocycles. The molecule has 0 amide bonds. The molecule has 0 aliphatic rings. The zero-order valence-corrected chi connectivity index (χ0v) is 7.58. The molecule has 0 aliphatic heterocycles. The van der Waals surface area contributed by atoms with Gasteiger partial charge in [0, 0.05) is 12.1 Å². The van der Waals surface area contributed by atoms with Crippen molar-refractivity contribution in [1.82, 2.24) is 0 Å². The Morgan fingerprint density at radius 3 is 2.29 bits per heavy atom. The maximum absolute atomic E-state index is 12.9. The van der Waals surface area contributed by atoms with E-state index in [-0.39, 0.29) is 12.1 Å². The highest BCUT2D eigenvalue weighted by atomic mass is 35.5. The van der Waals surface area contributed by atoms with Gasteiger partial charge < -0.3 is 5.73 Å². The quantitative estimate of drug-likeness (QED) is 0.734. The molecule has 0 fully saturated rings. The fourth-order valence-electron chi connectivity index (χ4n) is 0.962. The lowest BCUT2D eigenvalue weighted by molar-refractivity contribution is -0.137. The van der Waals surface area contributed by atoms with E-state index >= 15 is 0 Å². The number of hydrogen-bond donors (Lipinski definition) is 1. The molecule has 0 unspecified atom stereocenters. The molecule has 0 spiro atoms. The Morgan fingerprint density at radius 1 is 1.29 bits per heavy atom. The second-order valence-corrected chi connectivity index (χ2v) is 3.03. The Bertz CT molecular complexity index is 348. The van der Waals surface area contributed by atoms with E-state index in [4.69, 9.17) is 17.3 Å². The molecule has 0 radical (unpaired) electrons. The van der Waals surface area contributed by atoms with Gasteiger partial charge in [-0.25, -0.2) is 4.39 Å². The van der Waals surface area contributed by atoms with Crippen LogP contribution in [-0.4, -0.2) is 0 Å². The molecule has 0 aromatic heterocycles. The first kappa shape index (κ1) is 11.3. The van der Waals surface area contributed by atoms with E-state index in [1.807, 2.05) is 0 Å². The molecular formula is C8H6ClF4N. The average Bonchev–Trinajstić information content (AvgIpc) is 2.06. The Labute approximate surface area is 82.5 Å². The molecular weight excluding hydrogens is 222 g/mol. The lowest BCUT2D eigenvalue weighted by atomic mass is 10.1. The molecule has 0 saturated carbocycles. The largest absolute Gasteiger partial charge is 0.417 e. The first-order chi connectivity index (χ1) is 6.36. The number of halogens is 5. The molecule has 2 N–H and O–H groups in total. The molecule has 0 bridgehead atoms. The third-order valence-electron chi connectivity index (χ3n) is 1.66. The van der Waals surface area contributed by atoms with Crippen LogP contribution in [0.25, 0.3) is 0 Å². The van der Waals surface area contributed by atoms with Gasteiger partial charge in [0.2, 0.25) is 0 Å². The van der Waals surface area contributed by atoms with Crippen molar-refractivity contribution in [2.24, 2.45) is 5.73 Å². The van der Waals surface area contributed by atoms with Gasteiger partial charge in [-0.15, -0.1) is 0 Å². The lowest BCUT2D eigenvalue weighted by Gasteiger charge is -2.10. The molecule has 1 nitrogen and oxygen atoms in total. The third-order valence-corrected chi connectivity index (χ3v) is 1.97. The highest BCUT2D eigenvalue weighted by molar-refractivity contribution is 6.31. The van der Waals surface area contributed by atoms with E-state index in [1.54, 1.807) is 0 Å². The summed E-state index contributed by atoms with van der Waals surface area (Å²) < 4.78 is 49.5. The summed E-state index contributed by atoms with van der Waals surface area (Å²) in [6.07, 6.45) is -4.65.